The average molecular weight is 227 g/mol. The molecular formula is C7H12BF4N2O-. The van der Waals surface area contributed by atoms with Crippen LogP contribution in [0, 0.1) is 6.92 Å². The minimum Gasteiger partial charge on any atom is -0.418 e. The number of aliphatic hydroxyl groups excluding tert-OH is 1. The number of aryl methyl sites for hydroxylation is 1. The Labute approximate surface area is 84.8 Å². The highest BCUT2D eigenvalue weighted by atomic mass is 19.5. The number of nitrogens with zero attached hydrogens (tertiary/aromatic N) is 2. The SMILES string of the molecule is Cc1ncc(C(C)O)n1C.F[B-](F)(F)F. The van der Waals surface area contributed by atoms with Gasteiger partial charge >= 0.3 is 7.25 Å². The number of halogens is 4. The molecule has 1 aromatic heterocycles. The first-order valence-corrected chi connectivity index (χ1v) is 4.16. The molecule has 0 aliphatic carbocycles. The number of hydrogen-bond acceptors (Lipinski definition) is 2. The van der Waals surface area contributed by atoms with Crippen molar-refractivity contribution in [2.75, 3.05) is 0 Å². The molecule has 0 aliphatic heterocycles. The summed E-state index contributed by atoms with van der Waals surface area (Å²) in [6.07, 6.45) is 1.27. The number of aliphatic hydroxyl groups is 1. The first-order valence-electron chi connectivity index (χ1n) is 4.16. The van der Waals surface area contributed by atoms with Gasteiger partial charge in [0.1, 0.15) is 5.82 Å². The lowest BCUT2D eigenvalue weighted by molar-refractivity contribution is 0.190. The molecule has 1 unspecified atom stereocenters. The number of imidazole rings is 1. The summed E-state index contributed by atoms with van der Waals surface area (Å²) in [5.41, 5.74) is 0.859. The highest BCUT2D eigenvalue weighted by Crippen LogP contribution is 2.11. The summed E-state index contributed by atoms with van der Waals surface area (Å²) in [4.78, 5) is 4.04. The van der Waals surface area contributed by atoms with E-state index in [1.54, 1.807) is 13.1 Å². The Hall–Kier alpha value is -1.05. The van der Waals surface area contributed by atoms with Gasteiger partial charge in [-0.2, -0.15) is 0 Å². The topological polar surface area (TPSA) is 38.1 Å². The number of hydrogen-bond donors (Lipinski definition) is 1. The molecule has 1 heterocycles. The largest absolute Gasteiger partial charge is 0.673 e. The van der Waals surface area contributed by atoms with Crippen molar-refractivity contribution in [3.8, 4) is 0 Å². The van der Waals surface area contributed by atoms with E-state index in [0.717, 1.165) is 11.5 Å². The summed E-state index contributed by atoms with van der Waals surface area (Å²) in [5, 5.41) is 9.16. The Bertz CT molecular complexity index is 304. The van der Waals surface area contributed by atoms with E-state index in [2.05, 4.69) is 4.98 Å². The van der Waals surface area contributed by atoms with Crippen LogP contribution >= 0.6 is 0 Å². The van der Waals surface area contributed by atoms with Gasteiger partial charge in [0.2, 0.25) is 0 Å². The lowest BCUT2D eigenvalue weighted by atomic mass is 10.3. The first-order chi connectivity index (χ1) is 6.63. The van der Waals surface area contributed by atoms with Crippen LogP contribution in [0.5, 0.6) is 0 Å². The van der Waals surface area contributed by atoms with Gasteiger partial charge in [0.15, 0.2) is 0 Å². The Morgan fingerprint density at radius 2 is 1.80 bits per heavy atom. The van der Waals surface area contributed by atoms with E-state index in [1.165, 1.54) is 0 Å². The molecule has 1 atom stereocenters. The maximum Gasteiger partial charge on any atom is 0.673 e. The second-order valence-electron chi connectivity index (χ2n) is 2.96. The third kappa shape index (κ3) is 6.11. The van der Waals surface area contributed by atoms with Crippen molar-refractivity contribution >= 4 is 7.25 Å². The summed E-state index contributed by atoms with van der Waals surface area (Å²) in [6, 6.07) is 0. The van der Waals surface area contributed by atoms with Crippen LogP contribution in [0.3, 0.4) is 0 Å². The zero-order valence-corrected chi connectivity index (χ0v) is 8.59. The lowest BCUT2D eigenvalue weighted by Gasteiger charge is -2.04. The molecule has 0 saturated carbocycles. The molecule has 3 nitrogen and oxygen atoms in total. The third-order valence-corrected chi connectivity index (χ3v) is 1.68. The van der Waals surface area contributed by atoms with E-state index in [0.29, 0.717) is 0 Å². The summed E-state index contributed by atoms with van der Waals surface area (Å²) in [6.45, 7) is 3.64. The standard InChI is InChI=1S/C7H12N2O.BF4/c1-5(10)7-4-8-6(2)9(7)3;2-1(3,4)5/h4-5,10H,1-3H3;/q;-1. The minimum absolute atomic E-state index is 0.425. The fraction of sp³-hybridized carbons (Fsp3) is 0.571. The second kappa shape index (κ2) is 5.15. The molecule has 0 aliphatic rings. The van der Waals surface area contributed by atoms with Gasteiger partial charge in [-0.05, 0) is 13.8 Å². The van der Waals surface area contributed by atoms with Crippen LogP contribution < -0.4 is 0 Å². The van der Waals surface area contributed by atoms with Gasteiger partial charge in [0, 0.05) is 7.05 Å². The Morgan fingerprint density at radius 1 is 1.40 bits per heavy atom. The second-order valence-corrected chi connectivity index (χ2v) is 2.96. The van der Waals surface area contributed by atoms with Crippen LogP contribution in [0.25, 0.3) is 0 Å². The summed E-state index contributed by atoms with van der Waals surface area (Å²) >= 11 is 0. The van der Waals surface area contributed by atoms with Crippen molar-refractivity contribution in [3.63, 3.8) is 0 Å². The molecule has 15 heavy (non-hydrogen) atoms. The molecular weight excluding hydrogens is 215 g/mol. The quantitative estimate of drug-likeness (QED) is 0.589. The predicted molar refractivity (Wildman–Crippen MR) is 48.8 cm³/mol. The molecule has 0 fully saturated rings. The van der Waals surface area contributed by atoms with Crippen molar-refractivity contribution in [1.29, 1.82) is 0 Å². The molecule has 0 saturated heterocycles. The van der Waals surface area contributed by atoms with Crippen molar-refractivity contribution in [2.45, 2.75) is 20.0 Å². The minimum atomic E-state index is -6.00. The van der Waals surface area contributed by atoms with E-state index in [4.69, 9.17) is 5.11 Å². The molecule has 0 radical (unpaired) electrons. The van der Waals surface area contributed by atoms with E-state index in [-0.39, 0.29) is 0 Å². The van der Waals surface area contributed by atoms with Crippen LogP contribution in [0.1, 0.15) is 24.5 Å². The van der Waals surface area contributed by atoms with Crippen LogP contribution in [0.15, 0.2) is 6.20 Å². The fourth-order valence-corrected chi connectivity index (χ4v) is 0.908. The van der Waals surface area contributed by atoms with E-state index in [1.807, 2.05) is 18.5 Å². The molecule has 0 spiro atoms. The maximum atomic E-state index is 9.75. The van der Waals surface area contributed by atoms with Gasteiger partial charge in [0.05, 0.1) is 18.0 Å². The molecule has 8 heteroatoms. The maximum absolute atomic E-state index is 9.75. The normalized spacial score (nSPS) is 13.1. The molecule has 0 bridgehead atoms. The predicted octanol–water partition coefficient (Wildman–Crippen LogP) is 2.08. The van der Waals surface area contributed by atoms with E-state index in [9.17, 15) is 17.3 Å². The molecule has 0 amide bonds. The van der Waals surface area contributed by atoms with Gasteiger partial charge in [-0.3, -0.25) is 0 Å². The van der Waals surface area contributed by atoms with Gasteiger partial charge < -0.3 is 26.9 Å². The fourth-order valence-electron chi connectivity index (χ4n) is 0.908. The van der Waals surface area contributed by atoms with Crippen molar-refractivity contribution < 1.29 is 22.4 Å². The monoisotopic (exact) mass is 227 g/mol. The van der Waals surface area contributed by atoms with Gasteiger partial charge in [-0.15, -0.1) is 0 Å². The Kier molecular flexibility index (Phi) is 4.79. The highest BCUT2D eigenvalue weighted by molar-refractivity contribution is 6.50. The Balaban J connectivity index is 0.000000336. The Morgan fingerprint density at radius 3 is 1.93 bits per heavy atom. The smallest absolute Gasteiger partial charge is 0.418 e. The molecule has 1 rings (SSSR count). The van der Waals surface area contributed by atoms with Crippen LogP contribution in [0.4, 0.5) is 17.3 Å². The summed E-state index contributed by atoms with van der Waals surface area (Å²) in [7, 11) is -4.11. The number of aromatic nitrogens is 2. The van der Waals surface area contributed by atoms with Crippen molar-refractivity contribution in [2.24, 2.45) is 7.05 Å². The highest BCUT2D eigenvalue weighted by Gasteiger charge is 2.20. The summed E-state index contributed by atoms with van der Waals surface area (Å²) in [5.74, 6) is 0.927. The van der Waals surface area contributed by atoms with Gasteiger partial charge in [0.25, 0.3) is 0 Å². The molecule has 88 valence electrons. The van der Waals surface area contributed by atoms with Crippen LogP contribution in [0.2, 0.25) is 0 Å². The van der Waals surface area contributed by atoms with E-state index >= 15 is 0 Å². The summed E-state index contributed by atoms with van der Waals surface area (Å²) < 4.78 is 40.9. The van der Waals surface area contributed by atoms with Crippen LogP contribution in [-0.4, -0.2) is 21.9 Å². The number of rotatable bonds is 1. The van der Waals surface area contributed by atoms with E-state index < -0.39 is 13.4 Å². The zero-order chi connectivity index (χ0) is 12.2. The van der Waals surface area contributed by atoms with Crippen molar-refractivity contribution in [1.82, 2.24) is 9.55 Å². The zero-order valence-electron chi connectivity index (χ0n) is 8.59. The van der Waals surface area contributed by atoms with Gasteiger partial charge in [-0.25, -0.2) is 4.98 Å². The van der Waals surface area contributed by atoms with Crippen LogP contribution in [-0.2, 0) is 7.05 Å². The average Bonchev–Trinajstić information content (AvgIpc) is 2.29. The molecule has 0 aromatic carbocycles. The third-order valence-electron chi connectivity index (χ3n) is 1.68. The molecule has 1 N–H and O–H groups in total. The molecule has 1 aromatic rings. The van der Waals surface area contributed by atoms with Crippen molar-refractivity contribution in [3.05, 3.63) is 17.7 Å². The first kappa shape index (κ1) is 14.0. The van der Waals surface area contributed by atoms with Gasteiger partial charge in [-0.1, -0.05) is 0 Å². The lowest BCUT2D eigenvalue weighted by Crippen LogP contribution is -2.02.